The summed E-state index contributed by atoms with van der Waals surface area (Å²) < 4.78 is 14.6. The van der Waals surface area contributed by atoms with E-state index in [4.69, 9.17) is 0 Å². The van der Waals surface area contributed by atoms with Crippen LogP contribution in [0, 0.1) is 6.92 Å². The highest BCUT2D eigenvalue weighted by Crippen LogP contribution is 2.56. The first-order valence-electron chi connectivity index (χ1n) is 6.87. The quantitative estimate of drug-likeness (QED) is 0.437. The van der Waals surface area contributed by atoms with Crippen LogP contribution in [0.2, 0.25) is 0 Å². The lowest BCUT2D eigenvalue weighted by Gasteiger charge is -2.27. The van der Waals surface area contributed by atoms with Crippen LogP contribution in [0.1, 0.15) is 25.8 Å². The second kappa shape index (κ2) is 8.50. The molecule has 1 atom stereocenters. The molecule has 0 amide bonds. The van der Waals surface area contributed by atoms with Gasteiger partial charge in [0.1, 0.15) is 0 Å². The summed E-state index contributed by atoms with van der Waals surface area (Å²) in [4.78, 5) is 4.42. The van der Waals surface area contributed by atoms with Crippen molar-refractivity contribution in [2.75, 3.05) is 19.3 Å². The first-order valence-corrected chi connectivity index (χ1v) is 10.1. The molecule has 0 aliphatic heterocycles. The van der Waals surface area contributed by atoms with Crippen molar-refractivity contribution < 1.29 is 4.57 Å². The molecule has 0 radical (unpaired) electrons. The third kappa shape index (κ3) is 4.97. The lowest BCUT2D eigenvalue weighted by atomic mass is 10.2. The maximum atomic E-state index is 12.8. The van der Waals surface area contributed by atoms with Crippen molar-refractivity contribution in [3.8, 4) is 0 Å². The molecule has 112 valence electrons. The van der Waals surface area contributed by atoms with Gasteiger partial charge >= 0.3 is 0 Å². The van der Waals surface area contributed by atoms with Crippen LogP contribution in [0.5, 0.6) is 0 Å². The SMILES string of the molecule is CCCSP(=O)(NC)N(C=Nc1ccc(C)cc1)CC. The van der Waals surface area contributed by atoms with Crippen LogP contribution >= 0.6 is 18.0 Å². The summed E-state index contributed by atoms with van der Waals surface area (Å²) in [6.45, 7) is 4.15. The van der Waals surface area contributed by atoms with Gasteiger partial charge in [0.2, 0.25) is 0 Å². The molecule has 1 rings (SSSR count). The highest BCUT2D eigenvalue weighted by atomic mass is 32.7. The van der Waals surface area contributed by atoms with E-state index in [1.165, 1.54) is 16.9 Å². The van der Waals surface area contributed by atoms with Crippen molar-refractivity contribution in [2.24, 2.45) is 4.99 Å². The van der Waals surface area contributed by atoms with E-state index in [2.05, 4.69) is 17.0 Å². The van der Waals surface area contributed by atoms with Gasteiger partial charge in [-0.1, -0.05) is 36.0 Å². The molecule has 0 heterocycles. The van der Waals surface area contributed by atoms with Gasteiger partial charge in [-0.05, 0) is 39.4 Å². The van der Waals surface area contributed by atoms with Gasteiger partial charge < -0.3 is 0 Å². The Morgan fingerprint density at radius 2 is 2.00 bits per heavy atom. The van der Waals surface area contributed by atoms with Crippen molar-refractivity contribution >= 4 is 30.1 Å². The third-order valence-corrected chi connectivity index (χ3v) is 8.13. The second-order valence-electron chi connectivity index (χ2n) is 4.41. The lowest BCUT2D eigenvalue weighted by Crippen LogP contribution is -2.23. The largest absolute Gasteiger partial charge is 0.294 e. The Balaban J connectivity index is 2.83. The van der Waals surface area contributed by atoms with Crippen molar-refractivity contribution in [1.29, 1.82) is 0 Å². The number of aliphatic imine (C=N–C) groups is 1. The van der Waals surface area contributed by atoms with Crippen molar-refractivity contribution in [1.82, 2.24) is 9.76 Å². The van der Waals surface area contributed by atoms with Gasteiger partial charge in [0, 0.05) is 12.3 Å². The predicted octanol–water partition coefficient (Wildman–Crippen LogP) is 4.45. The highest BCUT2D eigenvalue weighted by Gasteiger charge is 2.26. The highest BCUT2D eigenvalue weighted by molar-refractivity contribution is 8.56. The fourth-order valence-electron chi connectivity index (χ4n) is 1.58. The minimum Gasteiger partial charge on any atom is -0.294 e. The number of aryl methyl sites for hydroxylation is 1. The summed E-state index contributed by atoms with van der Waals surface area (Å²) in [6, 6.07) is 7.96. The van der Waals surface area contributed by atoms with E-state index in [0.29, 0.717) is 6.54 Å². The standard InChI is InChI=1S/C14H24N3OPS/c1-5-11-20-19(18,15-4)17(6-2)12-16-14-9-7-13(3)8-10-14/h7-10,12H,5-6,11H2,1-4H3,(H,15,18). The van der Waals surface area contributed by atoms with E-state index in [0.717, 1.165) is 17.9 Å². The van der Waals surface area contributed by atoms with Crippen LogP contribution in [0.15, 0.2) is 29.3 Å². The molecule has 0 aliphatic rings. The number of nitrogens with zero attached hydrogens (tertiary/aromatic N) is 2. The van der Waals surface area contributed by atoms with Crippen LogP contribution in [-0.4, -0.2) is 30.4 Å². The first-order chi connectivity index (χ1) is 9.55. The van der Waals surface area contributed by atoms with E-state index in [9.17, 15) is 4.57 Å². The summed E-state index contributed by atoms with van der Waals surface area (Å²) in [5.74, 6) is 0.868. The molecule has 0 spiro atoms. The molecule has 1 aromatic rings. The van der Waals surface area contributed by atoms with E-state index in [-0.39, 0.29) is 0 Å². The summed E-state index contributed by atoms with van der Waals surface area (Å²) >= 11 is 1.47. The zero-order valence-corrected chi connectivity index (χ0v) is 14.4. The van der Waals surface area contributed by atoms with Crippen molar-refractivity contribution in [3.63, 3.8) is 0 Å². The summed E-state index contributed by atoms with van der Waals surface area (Å²) in [5.41, 5.74) is 2.08. The number of rotatable bonds is 8. The molecule has 0 aliphatic carbocycles. The minimum atomic E-state index is -2.62. The van der Waals surface area contributed by atoms with Crippen LogP contribution in [0.4, 0.5) is 5.69 Å². The van der Waals surface area contributed by atoms with Crippen molar-refractivity contribution in [2.45, 2.75) is 27.2 Å². The molecule has 4 nitrogen and oxygen atoms in total. The Bertz CT molecular complexity index is 476. The fraction of sp³-hybridized carbons (Fsp3) is 0.500. The van der Waals surface area contributed by atoms with Gasteiger partial charge in [-0.15, -0.1) is 0 Å². The van der Waals surface area contributed by atoms with Gasteiger partial charge in [-0.25, -0.2) is 10.1 Å². The molecule has 0 saturated heterocycles. The van der Waals surface area contributed by atoms with Crippen LogP contribution in [-0.2, 0) is 4.57 Å². The Labute approximate surface area is 126 Å². The zero-order valence-electron chi connectivity index (χ0n) is 12.7. The smallest absolute Gasteiger partial charge is 0.293 e. The maximum absolute atomic E-state index is 12.8. The molecule has 6 heteroatoms. The summed E-state index contributed by atoms with van der Waals surface area (Å²) in [5, 5.41) is 2.96. The monoisotopic (exact) mass is 313 g/mol. The number of nitrogens with one attached hydrogen (secondary N) is 1. The van der Waals surface area contributed by atoms with E-state index >= 15 is 0 Å². The van der Waals surface area contributed by atoms with Crippen molar-refractivity contribution in [3.05, 3.63) is 29.8 Å². The number of benzene rings is 1. The Morgan fingerprint density at radius 3 is 2.50 bits per heavy atom. The first kappa shape index (κ1) is 17.3. The van der Waals surface area contributed by atoms with Gasteiger partial charge in [-0.2, -0.15) is 0 Å². The van der Waals surface area contributed by atoms with E-state index in [1.54, 1.807) is 18.1 Å². The molecule has 20 heavy (non-hydrogen) atoms. The normalized spacial score (nSPS) is 14.4. The molecule has 0 fully saturated rings. The Hall–Kier alpha value is -0.770. The maximum Gasteiger partial charge on any atom is 0.293 e. The average molecular weight is 313 g/mol. The van der Waals surface area contributed by atoms with Gasteiger partial charge in [0.05, 0.1) is 12.0 Å². The summed E-state index contributed by atoms with van der Waals surface area (Å²) in [7, 11) is 1.74. The minimum absolute atomic E-state index is 0.657. The van der Waals surface area contributed by atoms with Gasteiger partial charge in [0.15, 0.2) is 0 Å². The van der Waals surface area contributed by atoms with Gasteiger partial charge in [-0.3, -0.25) is 9.24 Å². The number of hydrogen-bond donors (Lipinski definition) is 1. The average Bonchev–Trinajstić information content (AvgIpc) is 2.47. The number of hydrogen-bond acceptors (Lipinski definition) is 3. The summed E-state index contributed by atoms with van der Waals surface area (Å²) in [6.07, 6.45) is 2.69. The Kier molecular flexibility index (Phi) is 7.35. The third-order valence-electron chi connectivity index (χ3n) is 2.79. The molecule has 0 bridgehead atoms. The fourth-order valence-corrected chi connectivity index (χ4v) is 5.70. The van der Waals surface area contributed by atoms with E-state index in [1.807, 2.05) is 38.1 Å². The lowest BCUT2D eigenvalue weighted by molar-refractivity contribution is 0.536. The molecule has 1 N–H and O–H groups in total. The van der Waals surface area contributed by atoms with Crippen LogP contribution in [0.3, 0.4) is 0 Å². The van der Waals surface area contributed by atoms with E-state index < -0.39 is 6.65 Å². The molecule has 1 aromatic carbocycles. The molecular weight excluding hydrogens is 289 g/mol. The molecule has 1 unspecified atom stereocenters. The molecular formula is C14H24N3OPS. The topological polar surface area (TPSA) is 44.7 Å². The molecule has 0 aromatic heterocycles. The predicted molar refractivity (Wildman–Crippen MR) is 91.1 cm³/mol. The molecule has 0 saturated carbocycles. The van der Waals surface area contributed by atoms with Crippen LogP contribution < -0.4 is 5.09 Å². The van der Waals surface area contributed by atoms with Gasteiger partial charge in [0.25, 0.3) is 6.65 Å². The zero-order chi connectivity index (χ0) is 15.0. The Morgan fingerprint density at radius 1 is 1.35 bits per heavy atom. The second-order valence-corrected chi connectivity index (χ2v) is 9.34. The van der Waals surface area contributed by atoms with Crippen LogP contribution in [0.25, 0.3) is 0 Å².